The number of rotatable bonds is 6. The number of anilines is 1. The molecule has 2 heterocycles. The van der Waals surface area contributed by atoms with E-state index in [1.807, 2.05) is 55.5 Å². The first-order valence-electron chi connectivity index (χ1n) is 9.13. The highest BCUT2D eigenvalue weighted by molar-refractivity contribution is 5.93. The molecule has 29 heavy (non-hydrogen) atoms. The maximum absolute atomic E-state index is 12.1. The number of carbonyl (C=O) groups is 2. The molecule has 7 heteroatoms. The van der Waals surface area contributed by atoms with Gasteiger partial charge < -0.3 is 14.2 Å². The molecule has 0 saturated carbocycles. The van der Waals surface area contributed by atoms with E-state index in [1.165, 1.54) is 0 Å². The van der Waals surface area contributed by atoms with E-state index in [-0.39, 0.29) is 12.3 Å². The molecule has 4 aromatic rings. The molecule has 2 N–H and O–H groups in total. The Bertz CT molecular complexity index is 1160. The number of ether oxygens (including phenoxy) is 1. The molecule has 0 aliphatic carbocycles. The van der Waals surface area contributed by atoms with Crippen LogP contribution in [0.1, 0.15) is 11.1 Å². The zero-order valence-corrected chi connectivity index (χ0v) is 15.8. The quantitative estimate of drug-likeness (QED) is 0.488. The fourth-order valence-electron chi connectivity index (χ4n) is 3.00. The van der Waals surface area contributed by atoms with Gasteiger partial charge in [0.25, 0.3) is 5.91 Å². The number of aromatic amines is 1. The highest BCUT2D eigenvalue weighted by Gasteiger charge is 2.14. The van der Waals surface area contributed by atoms with Crippen molar-refractivity contribution in [2.75, 3.05) is 11.9 Å². The molecule has 146 valence electrons. The summed E-state index contributed by atoms with van der Waals surface area (Å²) in [5.74, 6) is -0.787. The summed E-state index contributed by atoms with van der Waals surface area (Å²) in [5.41, 5.74) is 4.40. The van der Waals surface area contributed by atoms with Crippen LogP contribution in [0.5, 0.6) is 0 Å². The van der Waals surface area contributed by atoms with Crippen molar-refractivity contribution in [3.8, 4) is 11.3 Å². The fraction of sp³-hybridized carbons (Fsp3) is 0.136. The van der Waals surface area contributed by atoms with E-state index < -0.39 is 18.5 Å². The summed E-state index contributed by atoms with van der Waals surface area (Å²) in [6, 6.07) is 17.1. The van der Waals surface area contributed by atoms with E-state index in [0.717, 1.165) is 27.6 Å². The minimum atomic E-state index is -0.496. The molecule has 0 atom stereocenters. The number of H-pyrrole nitrogens is 1. The molecule has 0 radical (unpaired) electrons. The number of hydrogen-bond acceptors (Lipinski definition) is 5. The van der Waals surface area contributed by atoms with Gasteiger partial charge in [-0.25, -0.2) is 0 Å². The van der Waals surface area contributed by atoms with Crippen molar-refractivity contribution in [1.29, 1.82) is 0 Å². The average molecular weight is 389 g/mol. The van der Waals surface area contributed by atoms with Crippen molar-refractivity contribution in [2.45, 2.75) is 13.3 Å². The molecule has 0 spiro atoms. The summed E-state index contributed by atoms with van der Waals surface area (Å²) in [4.78, 5) is 27.2. The number of nitrogens with zero attached hydrogens (tertiary/aromatic N) is 1. The largest absolute Gasteiger partial charge is 0.455 e. The number of aromatic nitrogens is 2. The summed E-state index contributed by atoms with van der Waals surface area (Å²) in [6.45, 7) is 1.60. The zero-order chi connectivity index (χ0) is 20.2. The molecule has 7 nitrogen and oxygen atoms in total. The number of amides is 1. The summed E-state index contributed by atoms with van der Waals surface area (Å²) < 4.78 is 10.2. The second kappa shape index (κ2) is 8.02. The van der Waals surface area contributed by atoms with E-state index in [1.54, 1.807) is 12.3 Å². The highest BCUT2D eigenvalue weighted by atomic mass is 16.5. The number of aryl methyl sites for hydroxylation is 1. The lowest BCUT2D eigenvalue weighted by Gasteiger charge is -2.04. The molecule has 0 aliphatic heterocycles. The van der Waals surface area contributed by atoms with Gasteiger partial charge in [-0.3, -0.25) is 14.9 Å². The van der Waals surface area contributed by atoms with Crippen LogP contribution in [0.2, 0.25) is 0 Å². The lowest BCUT2D eigenvalue weighted by atomic mass is 10.1. The average Bonchev–Trinajstić information content (AvgIpc) is 3.35. The Morgan fingerprint density at radius 2 is 1.93 bits per heavy atom. The van der Waals surface area contributed by atoms with Crippen molar-refractivity contribution in [3.05, 3.63) is 71.9 Å². The number of fused-ring (bicyclic) bond motifs is 1. The van der Waals surface area contributed by atoms with Crippen molar-refractivity contribution in [3.63, 3.8) is 0 Å². The number of para-hydroxylation sites is 1. The van der Waals surface area contributed by atoms with E-state index in [9.17, 15) is 9.59 Å². The fourth-order valence-corrected chi connectivity index (χ4v) is 3.00. The van der Waals surface area contributed by atoms with E-state index in [2.05, 4.69) is 15.5 Å². The monoisotopic (exact) mass is 389 g/mol. The predicted octanol–water partition coefficient (Wildman–Crippen LogP) is 3.86. The van der Waals surface area contributed by atoms with Crippen LogP contribution in [0.15, 0.2) is 65.3 Å². The Kier molecular flexibility index (Phi) is 5.11. The molecule has 4 rings (SSSR count). The number of hydrogen-bond donors (Lipinski definition) is 2. The third-order valence-electron chi connectivity index (χ3n) is 4.49. The third-order valence-corrected chi connectivity index (χ3v) is 4.49. The number of benzene rings is 2. The van der Waals surface area contributed by atoms with Gasteiger partial charge in [-0.2, -0.15) is 0 Å². The maximum atomic E-state index is 12.1. The molecule has 0 fully saturated rings. The van der Waals surface area contributed by atoms with Crippen LogP contribution in [0.3, 0.4) is 0 Å². The van der Waals surface area contributed by atoms with Crippen LogP contribution in [-0.4, -0.2) is 28.6 Å². The van der Waals surface area contributed by atoms with Crippen molar-refractivity contribution < 1.29 is 18.8 Å². The van der Waals surface area contributed by atoms with Crippen LogP contribution in [0.25, 0.3) is 22.2 Å². The van der Waals surface area contributed by atoms with Crippen molar-refractivity contribution in [2.24, 2.45) is 0 Å². The van der Waals surface area contributed by atoms with Crippen LogP contribution < -0.4 is 5.32 Å². The van der Waals surface area contributed by atoms with Gasteiger partial charge in [0.05, 0.1) is 6.42 Å². The lowest BCUT2D eigenvalue weighted by molar-refractivity contribution is -0.146. The van der Waals surface area contributed by atoms with Gasteiger partial charge in [-0.05, 0) is 18.6 Å². The van der Waals surface area contributed by atoms with E-state index >= 15 is 0 Å². The predicted molar refractivity (Wildman–Crippen MR) is 108 cm³/mol. The summed E-state index contributed by atoms with van der Waals surface area (Å²) in [6.07, 6.45) is 1.85. The molecule has 2 aromatic carbocycles. The summed E-state index contributed by atoms with van der Waals surface area (Å²) in [5, 5.41) is 7.44. The van der Waals surface area contributed by atoms with E-state index in [0.29, 0.717) is 5.69 Å². The Balaban J connectivity index is 1.30. The van der Waals surface area contributed by atoms with Crippen LogP contribution in [0, 0.1) is 6.92 Å². The first-order valence-corrected chi connectivity index (χ1v) is 9.13. The molecule has 2 aromatic heterocycles. The number of esters is 1. The second-order valence-corrected chi connectivity index (χ2v) is 6.69. The standard InChI is InChI=1S/C22H19N3O4/c1-14-6-8-15(9-7-14)19-11-21(29-25-19)24-20(26)13-28-22(27)10-16-12-23-18-5-3-2-4-17(16)18/h2-9,11-12,23H,10,13H2,1H3,(H,24,26). The van der Waals surface area contributed by atoms with Gasteiger partial charge >= 0.3 is 5.97 Å². The summed E-state index contributed by atoms with van der Waals surface area (Å²) in [7, 11) is 0. The van der Waals surface area contributed by atoms with Crippen LogP contribution in [0.4, 0.5) is 5.88 Å². The third kappa shape index (κ3) is 4.35. The maximum Gasteiger partial charge on any atom is 0.310 e. The Hall–Kier alpha value is -3.87. The normalized spacial score (nSPS) is 10.8. The van der Waals surface area contributed by atoms with Crippen molar-refractivity contribution in [1.82, 2.24) is 10.1 Å². The first-order chi connectivity index (χ1) is 14.1. The van der Waals surface area contributed by atoms with Gasteiger partial charge in [0.2, 0.25) is 5.88 Å². The van der Waals surface area contributed by atoms with Gasteiger partial charge in [0, 0.05) is 28.7 Å². The van der Waals surface area contributed by atoms with E-state index in [4.69, 9.17) is 9.26 Å². The molecule has 0 aliphatic rings. The zero-order valence-electron chi connectivity index (χ0n) is 15.8. The SMILES string of the molecule is Cc1ccc(-c2cc(NC(=O)COC(=O)Cc3c[nH]c4ccccc34)on2)cc1. The number of carbonyl (C=O) groups excluding carboxylic acids is 2. The Morgan fingerprint density at radius 1 is 1.14 bits per heavy atom. The van der Waals surface area contributed by atoms with Gasteiger partial charge in [0.1, 0.15) is 5.69 Å². The molecular weight excluding hydrogens is 370 g/mol. The minimum Gasteiger partial charge on any atom is -0.455 e. The molecule has 1 amide bonds. The topological polar surface area (TPSA) is 97.2 Å². The molecular formula is C22H19N3O4. The molecule has 0 saturated heterocycles. The highest BCUT2D eigenvalue weighted by Crippen LogP contribution is 2.22. The van der Waals surface area contributed by atoms with Crippen LogP contribution in [-0.2, 0) is 20.7 Å². The summed E-state index contributed by atoms with van der Waals surface area (Å²) >= 11 is 0. The Morgan fingerprint density at radius 3 is 2.76 bits per heavy atom. The Labute approximate surface area is 166 Å². The smallest absolute Gasteiger partial charge is 0.310 e. The first kappa shape index (κ1) is 18.5. The minimum absolute atomic E-state index is 0.0805. The van der Waals surface area contributed by atoms with Crippen LogP contribution >= 0.6 is 0 Å². The lowest BCUT2D eigenvalue weighted by Crippen LogP contribution is -2.21. The van der Waals surface area contributed by atoms with Gasteiger partial charge in [0.15, 0.2) is 6.61 Å². The molecule has 0 unspecified atom stereocenters. The second-order valence-electron chi connectivity index (χ2n) is 6.69. The molecule has 0 bridgehead atoms. The van der Waals surface area contributed by atoms with Crippen molar-refractivity contribution >= 4 is 28.7 Å². The number of nitrogens with one attached hydrogen (secondary N) is 2. The van der Waals surface area contributed by atoms with Gasteiger partial charge in [-0.15, -0.1) is 0 Å². The van der Waals surface area contributed by atoms with Gasteiger partial charge in [-0.1, -0.05) is 53.2 Å².